The Balaban J connectivity index is 1.68. The number of nitrogens with one attached hydrogen (secondary N) is 2. The maximum absolute atomic E-state index is 12.2. The lowest BCUT2D eigenvalue weighted by Gasteiger charge is -2.08. The van der Waals surface area contributed by atoms with E-state index in [2.05, 4.69) is 20.4 Å². The maximum Gasteiger partial charge on any atom is 0.258 e. The molecule has 0 spiro atoms. The molecule has 0 aliphatic carbocycles. The van der Waals surface area contributed by atoms with Gasteiger partial charge in [-0.25, -0.2) is 0 Å². The normalized spacial score (nSPS) is 11.2. The number of carbonyl (C=O) groups excluding carboxylic acids is 1. The Morgan fingerprint density at radius 2 is 2.00 bits per heavy atom. The molecule has 0 aliphatic heterocycles. The molecule has 0 aliphatic rings. The number of benzene rings is 2. The van der Waals surface area contributed by atoms with Crippen LogP contribution in [-0.4, -0.2) is 27.1 Å². The van der Waals surface area contributed by atoms with Gasteiger partial charge < -0.3 is 14.8 Å². The summed E-state index contributed by atoms with van der Waals surface area (Å²) >= 11 is 0. The van der Waals surface area contributed by atoms with Crippen LogP contribution >= 0.6 is 0 Å². The zero-order chi connectivity index (χ0) is 18.1. The molecule has 0 radical (unpaired) electrons. The molecule has 0 saturated heterocycles. The lowest BCUT2D eigenvalue weighted by atomic mass is 10.1. The lowest BCUT2D eigenvalue weighted by molar-refractivity contribution is 0.0943. The van der Waals surface area contributed by atoms with Crippen LogP contribution in [0, 0.1) is 0 Å². The molecule has 2 N–H and O–H groups in total. The number of hydrogen-bond donors (Lipinski definition) is 2. The molecule has 6 nitrogen and oxygen atoms in total. The van der Waals surface area contributed by atoms with Gasteiger partial charge in [-0.2, -0.15) is 4.98 Å². The summed E-state index contributed by atoms with van der Waals surface area (Å²) in [5, 5.41) is 7.99. The van der Waals surface area contributed by atoms with Crippen molar-refractivity contribution in [3.63, 3.8) is 0 Å². The molecule has 26 heavy (non-hydrogen) atoms. The Labute approximate surface area is 150 Å². The largest absolute Gasteiger partial charge is 0.361 e. The van der Waals surface area contributed by atoms with Crippen molar-refractivity contribution in [2.45, 2.75) is 19.9 Å². The summed E-state index contributed by atoms with van der Waals surface area (Å²) in [5.41, 5.74) is 3.18. The highest BCUT2D eigenvalue weighted by Crippen LogP contribution is 2.28. The molecular weight excluding hydrogens is 328 g/mol. The summed E-state index contributed by atoms with van der Waals surface area (Å²) in [7, 11) is 0. The Bertz CT molecular complexity index is 1080. The number of amides is 1. The van der Waals surface area contributed by atoms with Gasteiger partial charge in [-0.05, 0) is 44.2 Å². The molecular formula is C20H18N4O2. The molecule has 4 aromatic rings. The van der Waals surface area contributed by atoms with Crippen LogP contribution in [0.4, 0.5) is 0 Å². The molecule has 6 heteroatoms. The van der Waals surface area contributed by atoms with Gasteiger partial charge in [-0.15, -0.1) is 0 Å². The fourth-order valence-electron chi connectivity index (χ4n) is 2.87. The van der Waals surface area contributed by atoms with E-state index in [4.69, 9.17) is 4.52 Å². The van der Waals surface area contributed by atoms with E-state index in [-0.39, 0.29) is 11.9 Å². The number of hydrogen-bond acceptors (Lipinski definition) is 4. The van der Waals surface area contributed by atoms with E-state index < -0.39 is 0 Å². The number of aromatic nitrogens is 3. The molecule has 0 fully saturated rings. The third-order valence-corrected chi connectivity index (χ3v) is 4.05. The average molecular weight is 346 g/mol. The third-order valence-electron chi connectivity index (χ3n) is 4.05. The molecule has 0 saturated carbocycles. The predicted octanol–water partition coefficient (Wildman–Crippen LogP) is 4.02. The molecule has 1 amide bonds. The van der Waals surface area contributed by atoms with E-state index >= 15 is 0 Å². The maximum atomic E-state index is 12.2. The van der Waals surface area contributed by atoms with Crippen molar-refractivity contribution in [1.29, 1.82) is 0 Å². The van der Waals surface area contributed by atoms with Crippen LogP contribution in [0.3, 0.4) is 0 Å². The van der Waals surface area contributed by atoms with Crippen LogP contribution in [0.2, 0.25) is 0 Å². The highest BCUT2D eigenvalue weighted by atomic mass is 16.5. The van der Waals surface area contributed by atoms with Crippen molar-refractivity contribution in [3.8, 4) is 22.8 Å². The van der Waals surface area contributed by atoms with Crippen molar-refractivity contribution in [1.82, 2.24) is 20.4 Å². The van der Waals surface area contributed by atoms with E-state index in [0.29, 0.717) is 17.3 Å². The van der Waals surface area contributed by atoms with Gasteiger partial charge in [0.2, 0.25) is 5.82 Å². The summed E-state index contributed by atoms with van der Waals surface area (Å²) in [6, 6.07) is 15.1. The summed E-state index contributed by atoms with van der Waals surface area (Å²) in [4.78, 5) is 19.9. The second-order valence-electron chi connectivity index (χ2n) is 6.38. The van der Waals surface area contributed by atoms with E-state index in [0.717, 1.165) is 22.0 Å². The first-order valence-corrected chi connectivity index (χ1v) is 8.43. The number of rotatable bonds is 4. The Hall–Kier alpha value is -3.41. The average Bonchev–Trinajstić information content (AvgIpc) is 3.30. The molecule has 0 atom stereocenters. The minimum absolute atomic E-state index is 0.0739. The van der Waals surface area contributed by atoms with Crippen LogP contribution in [0.1, 0.15) is 24.2 Å². The second-order valence-corrected chi connectivity index (χ2v) is 6.38. The summed E-state index contributed by atoms with van der Waals surface area (Å²) < 4.78 is 5.47. The van der Waals surface area contributed by atoms with Gasteiger partial charge in [-0.1, -0.05) is 23.4 Å². The van der Waals surface area contributed by atoms with Crippen molar-refractivity contribution in [2.24, 2.45) is 0 Å². The van der Waals surface area contributed by atoms with E-state index in [1.165, 1.54) is 0 Å². The van der Waals surface area contributed by atoms with E-state index in [9.17, 15) is 4.79 Å². The number of aromatic amines is 1. The van der Waals surface area contributed by atoms with Crippen LogP contribution in [0.5, 0.6) is 0 Å². The lowest BCUT2D eigenvalue weighted by Crippen LogP contribution is -2.30. The minimum Gasteiger partial charge on any atom is -0.361 e. The first-order chi connectivity index (χ1) is 12.6. The van der Waals surface area contributed by atoms with Crippen molar-refractivity contribution in [2.75, 3.05) is 0 Å². The van der Waals surface area contributed by atoms with Crippen LogP contribution in [0.15, 0.2) is 59.3 Å². The highest BCUT2D eigenvalue weighted by Gasteiger charge is 2.15. The first-order valence-electron chi connectivity index (χ1n) is 8.43. The standard InChI is InChI=1S/C20H18N4O2/c1-12(2)22-19(25)14-6-3-5-13(11-14)18-23-20(26-24-18)16-7-4-8-17-15(16)9-10-21-17/h3-12,21H,1-2H3,(H,22,25). The monoisotopic (exact) mass is 346 g/mol. The first kappa shape index (κ1) is 16.1. The van der Waals surface area contributed by atoms with Crippen molar-refractivity contribution in [3.05, 3.63) is 60.3 Å². The van der Waals surface area contributed by atoms with Gasteiger partial charge in [-0.3, -0.25) is 4.79 Å². The fourth-order valence-corrected chi connectivity index (χ4v) is 2.87. The summed E-state index contributed by atoms with van der Waals surface area (Å²) in [5.74, 6) is 0.775. The van der Waals surface area contributed by atoms with Gasteiger partial charge >= 0.3 is 0 Å². The molecule has 2 heterocycles. The molecule has 0 bridgehead atoms. The summed E-state index contributed by atoms with van der Waals surface area (Å²) in [6.45, 7) is 3.85. The number of carbonyl (C=O) groups is 1. The van der Waals surface area contributed by atoms with Crippen LogP contribution in [0.25, 0.3) is 33.7 Å². The number of H-pyrrole nitrogens is 1. The topological polar surface area (TPSA) is 83.8 Å². The van der Waals surface area contributed by atoms with Gasteiger partial charge in [0, 0.05) is 39.8 Å². The van der Waals surface area contributed by atoms with Crippen molar-refractivity contribution < 1.29 is 9.32 Å². The Kier molecular flexibility index (Phi) is 4.01. The molecule has 0 unspecified atom stereocenters. The number of fused-ring (bicyclic) bond motifs is 1. The van der Waals surface area contributed by atoms with Gasteiger partial charge in [0.15, 0.2) is 0 Å². The van der Waals surface area contributed by atoms with E-state index in [1.54, 1.807) is 12.1 Å². The Morgan fingerprint density at radius 1 is 1.15 bits per heavy atom. The van der Waals surface area contributed by atoms with Crippen LogP contribution in [-0.2, 0) is 0 Å². The van der Waals surface area contributed by atoms with Gasteiger partial charge in [0.05, 0.1) is 0 Å². The van der Waals surface area contributed by atoms with E-state index in [1.807, 2.05) is 56.4 Å². The zero-order valence-corrected chi connectivity index (χ0v) is 14.5. The quantitative estimate of drug-likeness (QED) is 0.584. The van der Waals surface area contributed by atoms with Crippen molar-refractivity contribution >= 4 is 16.8 Å². The predicted molar refractivity (Wildman–Crippen MR) is 99.6 cm³/mol. The SMILES string of the molecule is CC(C)NC(=O)c1cccc(-c2noc(-c3cccc4[nH]ccc34)n2)c1. The third kappa shape index (κ3) is 2.97. The molecule has 2 aromatic heterocycles. The Morgan fingerprint density at radius 3 is 2.85 bits per heavy atom. The molecule has 4 rings (SSSR count). The van der Waals surface area contributed by atoms with Gasteiger partial charge in [0.25, 0.3) is 11.8 Å². The minimum atomic E-state index is -0.123. The smallest absolute Gasteiger partial charge is 0.258 e. The summed E-state index contributed by atoms with van der Waals surface area (Å²) in [6.07, 6.45) is 1.88. The molecule has 130 valence electrons. The van der Waals surface area contributed by atoms with Crippen LogP contribution < -0.4 is 5.32 Å². The van der Waals surface area contributed by atoms with Gasteiger partial charge in [0.1, 0.15) is 0 Å². The number of nitrogens with zero attached hydrogens (tertiary/aromatic N) is 2. The highest BCUT2D eigenvalue weighted by molar-refractivity contribution is 5.95. The zero-order valence-electron chi connectivity index (χ0n) is 14.5. The molecule has 2 aromatic carbocycles. The second kappa shape index (κ2) is 6.48. The fraction of sp³-hybridized carbons (Fsp3) is 0.150.